The van der Waals surface area contributed by atoms with Crippen molar-refractivity contribution in [2.24, 2.45) is 9.98 Å². The van der Waals surface area contributed by atoms with Crippen LogP contribution < -0.4 is 20.1 Å². The van der Waals surface area contributed by atoms with Crippen LogP contribution in [0, 0.1) is 11.3 Å². The van der Waals surface area contributed by atoms with E-state index in [2.05, 4.69) is 97.0 Å². The van der Waals surface area contributed by atoms with Crippen molar-refractivity contribution in [3.63, 3.8) is 0 Å². The largest absolute Gasteiger partial charge is 0.497 e. The van der Waals surface area contributed by atoms with Crippen LogP contribution in [0.4, 0.5) is 0 Å². The molecule has 0 fully saturated rings. The monoisotopic (exact) mass is 905 g/mol. The third kappa shape index (κ3) is 11.6. The Hall–Kier alpha value is -5.46. The molecular formula is C48H60N7O7PSi. The fraction of sp³-hybridized carbons (Fsp3) is 0.396. The van der Waals surface area contributed by atoms with Gasteiger partial charge in [0.1, 0.15) is 31.0 Å². The Morgan fingerprint density at radius 1 is 0.875 bits per heavy atom. The highest BCUT2D eigenvalue weighted by molar-refractivity contribution is 7.44. The molecular weight excluding hydrogens is 846 g/mol. The molecule has 4 atom stereocenters. The van der Waals surface area contributed by atoms with E-state index in [1.165, 1.54) is 0 Å². The van der Waals surface area contributed by atoms with Gasteiger partial charge in [-0.05, 0) is 87.2 Å². The molecule has 0 aliphatic carbocycles. The zero-order valence-electron chi connectivity index (χ0n) is 37.8. The highest BCUT2D eigenvalue weighted by atomic mass is 31.2. The first-order chi connectivity index (χ1) is 30.9. The van der Waals surface area contributed by atoms with Gasteiger partial charge >= 0.3 is 0 Å². The number of nitrogens with zero attached hydrogens (tertiary/aromatic N) is 5. The number of rotatable bonds is 23. The van der Waals surface area contributed by atoms with Crippen molar-refractivity contribution in [3.8, 4) is 17.6 Å². The summed E-state index contributed by atoms with van der Waals surface area (Å²) in [5.74, 6) is 1.27. The molecule has 14 nitrogen and oxygen atoms in total. The Bertz CT molecular complexity index is 2190. The summed E-state index contributed by atoms with van der Waals surface area (Å²) in [7, 11) is -0.835. The summed E-state index contributed by atoms with van der Waals surface area (Å²) in [6, 6.07) is 37.5. The van der Waals surface area contributed by atoms with Crippen LogP contribution in [-0.2, 0) is 24.2 Å². The molecule has 4 unspecified atom stereocenters. The van der Waals surface area contributed by atoms with Crippen molar-refractivity contribution in [3.05, 3.63) is 131 Å². The molecule has 2 N–H and O–H groups in total. The predicted molar refractivity (Wildman–Crippen MR) is 253 cm³/mol. The quantitative estimate of drug-likeness (QED) is 0.0326. The molecule has 0 aromatic heterocycles. The van der Waals surface area contributed by atoms with Crippen LogP contribution in [0.1, 0.15) is 67.6 Å². The Morgan fingerprint density at radius 2 is 1.45 bits per heavy atom. The fourth-order valence-electron chi connectivity index (χ4n) is 7.92. The molecule has 16 heteroatoms. The SMILES string of the molecule is COc1ccc(C(OC[Si](C)(CCCN2C=NC3C(=O)NC(NC(=O)c4ccccc4)N=C32)COP(OCCC#N)N(C(C)C)C(C)C)(c2ccccc2)c2ccc(OC)cc2)cc1. The van der Waals surface area contributed by atoms with Gasteiger partial charge in [0, 0.05) is 36.7 Å². The molecule has 338 valence electrons. The van der Waals surface area contributed by atoms with E-state index in [9.17, 15) is 14.9 Å². The zero-order chi connectivity index (χ0) is 45.7. The number of benzene rings is 4. The van der Waals surface area contributed by atoms with Gasteiger partial charge < -0.3 is 38.8 Å². The minimum absolute atomic E-state index is 0.130. The zero-order valence-corrected chi connectivity index (χ0v) is 39.7. The second kappa shape index (κ2) is 22.4. The van der Waals surface area contributed by atoms with Gasteiger partial charge in [0.2, 0.25) is 6.29 Å². The van der Waals surface area contributed by atoms with Crippen molar-refractivity contribution >= 4 is 40.6 Å². The van der Waals surface area contributed by atoms with E-state index in [4.69, 9.17) is 28.3 Å². The molecule has 0 saturated heterocycles. The molecule has 0 saturated carbocycles. The molecule has 2 heterocycles. The lowest BCUT2D eigenvalue weighted by Gasteiger charge is -2.40. The lowest BCUT2D eigenvalue weighted by atomic mass is 9.80. The number of amidine groups is 1. The summed E-state index contributed by atoms with van der Waals surface area (Å²) in [5.41, 5.74) is 2.24. The average Bonchev–Trinajstić information content (AvgIpc) is 3.72. The molecule has 2 amide bonds. The number of fused-ring (bicyclic) bond motifs is 1. The van der Waals surface area contributed by atoms with E-state index in [1.54, 1.807) is 44.8 Å². The molecule has 4 aromatic carbocycles. The Kier molecular flexibility index (Phi) is 16.8. The number of hydrogen-bond donors (Lipinski definition) is 2. The van der Waals surface area contributed by atoms with Crippen molar-refractivity contribution in [1.29, 1.82) is 5.26 Å². The lowest BCUT2D eigenvalue weighted by molar-refractivity contribution is -0.122. The summed E-state index contributed by atoms with van der Waals surface area (Å²) in [6.07, 6.45) is 2.47. The normalized spacial score (nSPS) is 17.4. The van der Waals surface area contributed by atoms with Gasteiger partial charge in [-0.1, -0.05) is 85.4 Å². The van der Waals surface area contributed by atoms with Gasteiger partial charge in [-0.15, -0.1) is 0 Å². The summed E-state index contributed by atoms with van der Waals surface area (Å²) in [6.45, 7) is 11.6. The van der Waals surface area contributed by atoms with E-state index < -0.39 is 34.5 Å². The summed E-state index contributed by atoms with van der Waals surface area (Å²) in [5, 5.41) is 15.0. The highest BCUT2D eigenvalue weighted by Crippen LogP contribution is 2.47. The van der Waals surface area contributed by atoms with Gasteiger partial charge in [0.15, 0.2) is 6.04 Å². The van der Waals surface area contributed by atoms with Crippen LogP contribution >= 0.6 is 8.53 Å². The molecule has 64 heavy (non-hydrogen) atoms. The molecule has 0 radical (unpaired) electrons. The maximum atomic E-state index is 13.2. The van der Waals surface area contributed by atoms with E-state index in [0.717, 1.165) is 34.2 Å². The Labute approximate surface area is 379 Å². The highest BCUT2D eigenvalue weighted by Gasteiger charge is 2.43. The smallest absolute Gasteiger partial charge is 0.258 e. The molecule has 6 rings (SSSR count). The lowest BCUT2D eigenvalue weighted by Crippen LogP contribution is -2.56. The van der Waals surface area contributed by atoms with Crippen molar-refractivity contribution in [1.82, 2.24) is 20.2 Å². The maximum Gasteiger partial charge on any atom is 0.258 e. The molecule has 2 aliphatic rings. The topological polar surface area (TPSA) is 159 Å². The van der Waals surface area contributed by atoms with Gasteiger partial charge in [0.05, 0.1) is 39.7 Å². The fourth-order valence-corrected chi connectivity index (χ4v) is 12.9. The number of aliphatic imine (C=N–C) groups is 2. The first-order valence-electron chi connectivity index (χ1n) is 21.6. The van der Waals surface area contributed by atoms with Crippen LogP contribution in [0.3, 0.4) is 0 Å². The Morgan fingerprint density at radius 3 is 2.02 bits per heavy atom. The minimum atomic E-state index is -2.62. The van der Waals surface area contributed by atoms with Crippen molar-refractivity contribution in [2.45, 2.75) is 83.1 Å². The van der Waals surface area contributed by atoms with E-state index in [-0.39, 0.29) is 36.9 Å². The van der Waals surface area contributed by atoms with Crippen LogP contribution in [0.2, 0.25) is 12.6 Å². The molecule has 2 aliphatic heterocycles. The third-order valence-electron chi connectivity index (χ3n) is 11.2. The standard InChI is InChI=1S/C48H60N7O7PSi/c1-35(2)55(36(3)4)63(61-30-14-28-49)62-34-64(7,31-15-29-54-32-50-43-44(54)51-47(53-46(43)57)52-45(56)37-16-10-8-11-17-37)33-60-48(38-18-12-9-13-19-38,39-20-24-41(58-5)25-21-39)40-22-26-42(59-6)27-23-40/h8-13,16-27,32,35-36,43,47H,14-15,29-31,33-34H2,1-7H3,(H,52,56)(H,53,57). The van der Waals surface area contributed by atoms with Crippen LogP contribution in [-0.4, -0.2) is 106 Å². The van der Waals surface area contributed by atoms with Crippen molar-refractivity contribution < 1.29 is 32.8 Å². The molecule has 0 bridgehead atoms. The van der Waals surface area contributed by atoms with Crippen LogP contribution in [0.5, 0.6) is 11.5 Å². The summed E-state index contributed by atoms with van der Waals surface area (Å²) in [4.78, 5) is 37.4. The predicted octanol–water partition coefficient (Wildman–Crippen LogP) is 7.81. The van der Waals surface area contributed by atoms with Crippen molar-refractivity contribution in [2.75, 3.05) is 39.8 Å². The van der Waals surface area contributed by atoms with Gasteiger partial charge in [-0.25, -0.2) is 9.66 Å². The number of nitriles is 1. The maximum absolute atomic E-state index is 13.2. The van der Waals surface area contributed by atoms with Gasteiger partial charge in [0.25, 0.3) is 20.3 Å². The molecule has 4 aromatic rings. The van der Waals surface area contributed by atoms with Gasteiger partial charge in [-0.3, -0.25) is 14.6 Å². The van der Waals surface area contributed by atoms with E-state index >= 15 is 0 Å². The first-order valence-corrected chi connectivity index (χ1v) is 25.9. The first kappa shape index (κ1) is 48.0. The number of nitrogens with one attached hydrogen (secondary N) is 2. The second-order valence-electron chi connectivity index (χ2n) is 16.6. The number of amides is 2. The number of carbonyl (C=O) groups is 2. The summed E-state index contributed by atoms with van der Waals surface area (Å²) >= 11 is 0. The Balaban J connectivity index is 1.32. The number of ether oxygens (including phenoxy) is 3. The number of carbonyl (C=O) groups excluding carboxylic acids is 2. The summed E-state index contributed by atoms with van der Waals surface area (Å²) < 4.78 is 34.3. The van der Waals surface area contributed by atoms with E-state index in [0.29, 0.717) is 36.8 Å². The third-order valence-corrected chi connectivity index (χ3v) is 16.7. The average molecular weight is 906 g/mol. The van der Waals surface area contributed by atoms with Gasteiger partial charge in [-0.2, -0.15) is 5.26 Å². The van der Waals surface area contributed by atoms with Crippen LogP contribution in [0.15, 0.2) is 119 Å². The number of hydrogen-bond acceptors (Lipinski definition) is 12. The second-order valence-corrected chi connectivity index (χ2v) is 22.8. The molecule has 0 spiro atoms. The van der Waals surface area contributed by atoms with Crippen LogP contribution in [0.25, 0.3) is 0 Å². The number of methoxy groups -OCH3 is 2. The minimum Gasteiger partial charge on any atom is -0.497 e. The van der Waals surface area contributed by atoms with E-state index in [1.807, 2.05) is 53.4 Å².